The molecule has 0 N–H and O–H groups in total. The van der Waals surface area contributed by atoms with Crippen molar-refractivity contribution in [1.82, 2.24) is 0 Å². The van der Waals surface area contributed by atoms with E-state index in [2.05, 4.69) is 6.07 Å². The smallest absolute Gasteiger partial charge is 0.123 e. The van der Waals surface area contributed by atoms with Crippen LogP contribution in [0.15, 0.2) is 18.2 Å². The van der Waals surface area contributed by atoms with Crippen molar-refractivity contribution in [3.05, 3.63) is 35.1 Å². The molecule has 0 aliphatic heterocycles. The van der Waals surface area contributed by atoms with E-state index in [1.54, 1.807) is 6.07 Å². The third-order valence-electron chi connectivity index (χ3n) is 2.83. The van der Waals surface area contributed by atoms with Crippen LogP contribution in [0.4, 0.5) is 4.39 Å². The van der Waals surface area contributed by atoms with Gasteiger partial charge in [0, 0.05) is 5.88 Å². The summed E-state index contributed by atoms with van der Waals surface area (Å²) in [5.74, 6) is 0.335. The first-order valence-corrected chi connectivity index (χ1v) is 6.38. The fourth-order valence-corrected chi connectivity index (χ4v) is 2.09. The number of hydrogen-bond donors (Lipinski definition) is 0. The van der Waals surface area contributed by atoms with E-state index < -0.39 is 0 Å². The Bertz CT molecular complexity index is 409. The molecule has 3 heteroatoms. The molecule has 0 aliphatic carbocycles. The zero-order chi connectivity index (χ0) is 12.8. The maximum absolute atomic E-state index is 13.2. The van der Waals surface area contributed by atoms with Crippen molar-refractivity contribution in [2.75, 3.05) is 5.88 Å². The first-order chi connectivity index (χ1) is 8.10. The Kier molecular flexibility index (Phi) is 5.44. The molecule has 0 fully saturated rings. The summed E-state index contributed by atoms with van der Waals surface area (Å²) in [5.41, 5.74) is 1.86. The molecule has 1 aromatic rings. The summed E-state index contributed by atoms with van der Waals surface area (Å²) in [7, 11) is 0. The molecule has 1 unspecified atom stereocenters. The van der Waals surface area contributed by atoms with Gasteiger partial charge in [-0.2, -0.15) is 5.26 Å². The van der Waals surface area contributed by atoms with Gasteiger partial charge in [-0.1, -0.05) is 19.9 Å². The molecule has 0 amide bonds. The van der Waals surface area contributed by atoms with E-state index in [0.29, 0.717) is 5.88 Å². The molecule has 0 heterocycles. The van der Waals surface area contributed by atoms with Crippen LogP contribution in [-0.2, 0) is 0 Å². The van der Waals surface area contributed by atoms with Crippen molar-refractivity contribution in [3.8, 4) is 6.07 Å². The Balaban J connectivity index is 3.06. The maximum Gasteiger partial charge on any atom is 0.123 e. The fraction of sp³-hybridized carbons (Fsp3) is 0.500. The SMILES string of the molecule is CC(C)c1cc(F)ccc1C(C#N)CCCCl. The van der Waals surface area contributed by atoms with Gasteiger partial charge in [-0.05, 0) is 42.0 Å². The number of hydrogen-bond acceptors (Lipinski definition) is 1. The first-order valence-electron chi connectivity index (χ1n) is 5.85. The Labute approximate surface area is 107 Å². The fourth-order valence-electron chi connectivity index (χ4n) is 1.93. The second-order valence-corrected chi connectivity index (χ2v) is 4.82. The lowest BCUT2D eigenvalue weighted by Gasteiger charge is -2.16. The number of benzene rings is 1. The minimum Gasteiger partial charge on any atom is -0.207 e. The van der Waals surface area contributed by atoms with E-state index in [0.717, 1.165) is 24.0 Å². The molecule has 0 aromatic heterocycles. The van der Waals surface area contributed by atoms with Crippen molar-refractivity contribution < 1.29 is 4.39 Å². The van der Waals surface area contributed by atoms with Gasteiger partial charge in [0.15, 0.2) is 0 Å². The van der Waals surface area contributed by atoms with Crippen LogP contribution < -0.4 is 0 Å². The van der Waals surface area contributed by atoms with Crippen molar-refractivity contribution in [2.24, 2.45) is 0 Å². The standard InChI is InChI=1S/C14H17ClFN/c1-10(2)14-8-12(16)5-6-13(14)11(9-17)4-3-7-15/h5-6,8,10-11H,3-4,7H2,1-2H3. The van der Waals surface area contributed by atoms with Crippen LogP contribution in [0.3, 0.4) is 0 Å². The molecule has 1 nitrogen and oxygen atoms in total. The zero-order valence-electron chi connectivity index (χ0n) is 10.2. The van der Waals surface area contributed by atoms with Gasteiger partial charge in [0.25, 0.3) is 0 Å². The summed E-state index contributed by atoms with van der Waals surface area (Å²) in [4.78, 5) is 0. The van der Waals surface area contributed by atoms with Crippen molar-refractivity contribution >= 4 is 11.6 Å². The maximum atomic E-state index is 13.2. The number of halogens is 2. The number of nitrogens with zero attached hydrogens (tertiary/aromatic N) is 1. The molecule has 0 radical (unpaired) electrons. The van der Waals surface area contributed by atoms with E-state index in [9.17, 15) is 9.65 Å². The first kappa shape index (κ1) is 14.0. The van der Waals surface area contributed by atoms with E-state index in [1.165, 1.54) is 12.1 Å². The minimum atomic E-state index is -0.244. The van der Waals surface area contributed by atoms with Crippen LogP contribution in [0.25, 0.3) is 0 Å². The van der Waals surface area contributed by atoms with E-state index in [-0.39, 0.29) is 17.7 Å². The average molecular weight is 254 g/mol. The third kappa shape index (κ3) is 3.71. The minimum absolute atomic E-state index is 0.188. The molecule has 0 spiro atoms. The predicted octanol–water partition coefficient (Wildman–Crippen LogP) is 4.58. The highest BCUT2D eigenvalue weighted by Crippen LogP contribution is 2.29. The summed E-state index contributed by atoms with van der Waals surface area (Å²) in [5, 5.41) is 9.19. The molecule has 17 heavy (non-hydrogen) atoms. The molecular formula is C14H17ClFN. The monoisotopic (exact) mass is 253 g/mol. The van der Waals surface area contributed by atoms with Gasteiger partial charge in [-0.15, -0.1) is 11.6 Å². The van der Waals surface area contributed by atoms with Gasteiger partial charge in [0.2, 0.25) is 0 Å². The Morgan fingerprint density at radius 2 is 2.06 bits per heavy atom. The zero-order valence-corrected chi connectivity index (χ0v) is 11.0. The van der Waals surface area contributed by atoms with Crippen molar-refractivity contribution in [1.29, 1.82) is 5.26 Å². The topological polar surface area (TPSA) is 23.8 Å². The predicted molar refractivity (Wildman–Crippen MR) is 68.8 cm³/mol. The number of nitriles is 1. The lowest BCUT2D eigenvalue weighted by molar-refractivity contribution is 0.618. The van der Waals surface area contributed by atoms with Gasteiger partial charge in [0.05, 0.1) is 12.0 Å². The van der Waals surface area contributed by atoms with Gasteiger partial charge in [0.1, 0.15) is 5.82 Å². The molecule has 0 bridgehead atoms. The van der Waals surface area contributed by atoms with E-state index in [1.807, 2.05) is 13.8 Å². The summed E-state index contributed by atoms with van der Waals surface area (Å²) in [6, 6.07) is 6.97. The van der Waals surface area contributed by atoms with Crippen LogP contribution in [0.5, 0.6) is 0 Å². The van der Waals surface area contributed by atoms with Crippen molar-refractivity contribution in [2.45, 2.75) is 38.5 Å². The van der Waals surface area contributed by atoms with Crippen LogP contribution in [0.1, 0.15) is 49.7 Å². The van der Waals surface area contributed by atoms with Crippen LogP contribution in [0.2, 0.25) is 0 Å². The largest absolute Gasteiger partial charge is 0.207 e. The quantitative estimate of drug-likeness (QED) is 0.705. The van der Waals surface area contributed by atoms with Crippen LogP contribution >= 0.6 is 11.6 Å². The molecule has 1 rings (SSSR count). The number of rotatable bonds is 5. The van der Waals surface area contributed by atoms with Gasteiger partial charge in [-0.3, -0.25) is 0 Å². The van der Waals surface area contributed by atoms with Gasteiger partial charge >= 0.3 is 0 Å². The average Bonchev–Trinajstić information content (AvgIpc) is 2.31. The molecule has 1 atom stereocenters. The molecule has 0 saturated heterocycles. The molecule has 1 aromatic carbocycles. The lowest BCUT2D eigenvalue weighted by atomic mass is 9.87. The summed E-state index contributed by atoms with van der Waals surface area (Å²) in [6.07, 6.45) is 1.53. The Morgan fingerprint density at radius 1 is 1.35 bits per heavy atom. The summed E-state index contributed by atoms with van der Waals surface area (Å²) in [6.45, 7) is 4.02. The van der Waals surface area contributed by atoms with Crippen molar-refractivity contribution in [3.63, 3.8) is 0 Å². The summed E-state index contributed by atoms with van der Waals surface area (Å²) >= 11 is 5.65. The highest BCUT2D eigenvalue weighted by molar-refractivity contribution is 6.17. The lowest BCUT2D eigenvalue weighted by Crippen LogP contribution is -2.03. The molecule has 92 valence electrons. The summed E-state index contributed by atoms with van der Waals surface area (Å²) < 4.78 is 13.2. The van der Waals surface area contributed by atoms with Crippen LogP contribution in [0, 0.1) is 17.1 Å². The second-order valence-electron chi connectivity index (χ2n) is 4.44. The molecule has 0 aliphatic rings. The normalized spacial score (nSPS) is 12.5. The van der Waals surface area contributed by atoms with Gasteiger partial charge < -0.3 is 0 Å². The Hall–Kier alpha value is -1.07. The molecule has 0 saturated carbocycles. The highest BCUT2D eigenvalue weighted by atomic mass is 35.5. The van der Waals surface area contributed by atoms with Gasteiger partial charge in [-0.25, -0.2) is 4.39 Å². The molecular weight excluding hydrogens is 237 g/mol. The van der Waals surface area contributed by atoms with E-state index >= 15 is 0 Å². The third-order valence-corrected chi connectivity index (χ3v) is 3.10. The highest BCUT2D eigenvalue weighted by Gasteiger charge is 2.16. The number of alkyl halides is 1. The Morgan fingerprint density at radius 3 is 2.59 bits per heavy atom. The van der Waals surface area contributed by atoms with Crippen LogP contribution in [-0.4, -0.2) is 5.88 Å². The second kappa shape index (κ2) is 6.61. The van der Waals surface area contributed by atoms with E-state index in [4.69, 9.17) is 11.6 Å².